The molecule has 106 valence electrons. The summed E-state index contributed by atoms with van der Waals surface area (Å²) in [4.78, 5) is 12.0. The van der Waals surface area contributed by atoms with Crippen LogP contribution >= 0.6 is 22.6 Å². The third-order valence-corrected chi connectivity index (χ3v) is 4.09. The van der Waals surface area contributed by atoms with Gasteiger partial charge in [0.25, 0.3) is 5.91 Å². The molecule has 0 spiro atoms. The van der Waals surface area contributed by atoms with Crippen molar-refractivity contribution >= 4 is 28.5 Å². The fraction of sp³-hybridized carbons (Fsp3) is 0.267. The van der Waals surface area contributed by atoms with Crippen LogP contribution in [0.2, 0.25) is 0 Å². The van der Waals surface area contributed by atoms with Gasteiger partial charge in [-0.25, -0.2) is 0 Å². The highest BCUT2D eigenvalue weighted by Gasteiger charge is 2.12. The molecule has 0 aliphatic carbocycles. The van der Waals surface area contributed by atoms with Gasteiger partial charge >= 0.3 is 0 Å². The Hall–Kier alpha value is -1.34. The minimum absolute atomic E-state index is 0.103. The van der Waals surface area contributed by atoms with Crippen molar-refractivity contribution in [2.24, 2.45) is 7.05 Å². The van der Waals surface area contributed by atoms with Gasteiger partial charge in [0.2, 0.25) is 0 Å². The number of halogens is 1. The molecule has 0 fully saturated rings. The van der Waals surface area contributed by atoms with Crippen molar-refractivity contribution in [1.29, 1.82) is 0 Å². The Morgan fingerprint density at radius 1 is 1.35 bits per heavy atom. The number of aliphatic hydroxyl groups is 1. The fourth-order valence-electron chi connectivity index (χ4n) is 2.03. The van der Waals surface area contributed by atoms with Crippen molar-refractivity contribution in [2.75, 3.05) is 6.54 Å². The zero-order chi connectivity index (χ0) is 14.5. The number of aliphatic hydroxyl groups excluding tert-OH is 1. The zero-order valence-electron chi connectivity index (χ0n) is 11.2. The number of nitrogens with one attached hydrogen (secondary N) is 1. The second-order valence-corrected chi connectivity index (χ2v) is 5.75. The summed E-state index contributed by atoms with van der Waals surface area (Å²) in [7, 11) is 1.89. The number of hydrogen-bond acceptors (Lipinski definition) is 2. The molecule has 1 heterocycles. The Morgan fingerprint density at radius 2 is 2.10 bits per heavy atom. The maximum absolute atomic E-state index is 12.0. The van der Waals surface area contributed by atoms with Crippen LogP contribution in [0.5, 0.6) is 0 Å². The number of aryl methyl sites for hydroxylation is 1. The Balaban J connectivity index is 1.86. The predicted molar refractivity (Wildman–Crippen MR) is 86.5 cm³/mol. The highest BCUT2D eigenvalue weighted by atomic mass is 127. The summed E-state index contributed by atoms with van der Waals surface area (Å²) in [5, 5.41) is 12.9. The summed E-state index contributed by atoms with van der Waals surface area (Å²) < 4.78 is 2.80. The highest BCUT2D eigenvalue weighted by molar-refractivity contribution is 14.1. The lowest BCUT2D eigenvalue weighted by atomic mass is 10.1. The molecule has 4 nitrogen and oxygen atoms in total. The van der Waals surface area contributed by atoms with Crippen molar-refractivity contribution in [3.05, 3.63) is 57.4 Å². The third kappa shape index (κ3) is 3.61. The van der Waals surface area contributed by atoms with E-state index in [9.17, 15) is 9.90 Å². The molecule has 0 radical (unpaired) electrons. The maximum Gasteiger partial charge on any atom is 0.252 e. The molecule has 1 amide bonds. The van der Waals surface area contributed by atoms with Gasteiger partial charge in [0.1, 0.15) is 0 Å². The van der Waals surface area contributed by atoms with Crippen LogP contribution in [0.4, 0.5) is 0 Å². The average Bonchev–Trinajstić information content (AvgIpc) is 2.85. The molecular weight excluding hydrogens is 367 g/mol. The Kier molecular flexibility index (Phi) is 5.19. The number of benzene rings is 1. The normalized spacial score (nSPS) is 12.2. The number of amides is 1. The van der Waals surface area contributed by atoms with Crippen LogP contribution in [0.15, 0.2) is 42.6 Å². The predicted octanol–water partition coefficient (Wildman–Crippen LogP) is 2.48. The van der Waals surface area contributed by atoms with Gasteiger partial charge in [-0.05, 0) is 53.3 Å². The largest absolute Gasteiger partial charge is 0.387 e. The van der Waals surface area contributed by atoms with Crippen LogP contribution in [-0.4, -0.2) is 22.1 Å². The molecule has 1 atom stereocenters. The summed E-state index contributed by atoms with van der Waals surface area (Å²) >= 11 is 2.14. The third-order valence-electron chi connectivity index (χ3n) is 3.15. The van der Waals surface area contributed by atoms with Gasteiger partial charge in [-0.3, -0.25) is 4.79 Å². The van der Waals surface area contributed by atoms with Gasteiger partial charge in [-0.1, -0.05) is 12.1 Å². The van der Waals surface area contributed by atoms with E-state index in [1.807, 2.05) is 48.1 Å². The van der Waals surface area contributed by atoms with Gasteiger partial charge in [-0.2, -0.15) is 0 Å². The molecule has 5 heteroatoms. The van der Waals surface area contributed by atoms with Crippen molar-refractivity contribution < 1.29 is 9.90 Å². The van der Waals surface area contributed by atoms with E-state index in [-0.39, 0.29) is 5.91 Å². The number of nitrogens with zero attached hydrogens (tertiary/aromatic N) is 1. The Labute approximate surface area is 131 Å². The van der Waals surface area contributed by atoms with Crippen molar-refractivity contribution in [2.45, 2.75) is 12.5 Å². The van der Waals surface area contributed by atoms with Gasteiger partial charge < -0.3 is 15.0 Å². The summed E-state index contributed by atoms with van der Waals surface area (Å²) in [5.74, 6) is -0.103. The van der Waals surface area contributed by atoms with Crippen molar-refractivity contribution in [1.82, 2.24) is 9.88 Å². The van der Waals surface area contributed by atoms with Gasteiger partial charge in [0.05, 0.1) is 11.7 Å². The molecule has 20 heavy (non-hydrogen) atoms. The SMILES string of the molecule is Cn1cccc1C(O)CCNC(=O)c1ccccc1I. The van der Waals surface area contributed by atoms with E-state index in [0.29, 0.717) is 18.5 Å². The van der Waals surface area contributed by atoms with Gasteiger partial charge in [0.15, 0.2) is 0 Å². The molecule has 2 aromatic rings. The molecule has 0 bridgehead atoms. The molecule has 2 rings (SSSR count). The van der Waals surface area contributed by atoms with E-state index < -0.39 is 6.10 Å². The fourth-order valence-corrected chi connectivity index (χ4v) is 2.66. The Bertz CT molecular complexity index is 595. The van der Waals surface area contributed by atoms with Crippen molar-refractivity contribution in [3.63, 3.8) is 0 Å². The average molecular weight is 384 g/mol. The van der Waals surface area contributed by atoms with E-state index >= 15 is 0 Å². The first-order valence-electron chi connectivity index (χ1n) is 6.41. The lowest BCUT2D eigenvalue weighted by Gasteiger charge is -2.13. The molecule has 0 aliphatic heterocycles. The molecule has 1 aromatic heterocycles. The molecule has 1 aromatic carbocycles. The lowest BCUT2D eigenvalue weighted by Crippen LogP contribution is -2.26. The molecule has 2 N–H and O–H groups in total. The Morgan fingerprint density at radius 3 is 2.75 bits per heavy atom. The second kappa shape index (κ2) is 6.90. The minimum atomic E-state index is -0.565. The van der Waals surface area contributed by atoms with E-state index in [2.05, 4.69) is 27.9 Å². The van der Waals surface area contributed by atoms with Crippen LogP contribution in [0.25, 0.3) is 0 Å². The number of carbonyl (C=O) groups is 1. The van der Waals surface area contributed by atoms with Gasteiger partial charge in [-0.15, -0.1) is 0 Å². The smallest absolute Gasteiger partial charge is 0.252 e. The maximum atomic E-state index is 12.0. The van der Waals surface area contributed by atoms with E-state index in [4.69, 9.17) is 0 Å². The summed E-state index contributed by atoms with van der Waals surface area (Å²) in [6.07, 6.45) is 1.82. The van der Waals surface area contributed by atoms with Crippen LogP contribution in [0.1, 0.15) is 28.6 Å². The van der Waals surface area contributed by atoms with Crippen LogP contribution in [-0.2, 0) is 7.05 Å². The first-order chi connectivity index (χ1) is 9.59. The minimum Gasteiger partial charge on any atom is -0.387 e. The van der Waals surface area contributed by atoms with Crippen LogP contribution in [0, 0.1) is 3.57 Å². The van der Waals surface area contributed by atoms with Crippen molar-refractivity contribution in [3.8, 4) is 0 Å². The van der Waals surface area contributed by atoms with Crippen LogP contribution in [0.3, 0.4) is 0 Å². The van der Waals surface area contributed by atoms with E-state index in [0.717, 1.165) is 9.26 Å². The van der Waals surface area contributed by atoms with Crippen LogP contribution < -0.4 is 5.32 Å². The number of rotatable bonds is 5. The summed E-state index contributed by atoms with van der Waals surface area (Å²) in [6, 6.07) is 11.2. The summed E-state index contributed by atoms with van der Waals surface area (Å²) in [5.41, 5.74) is 1.52. The second-order valence-electron chi connectivity index (χ2n) is 4.58. The first-order valence-corrected chi connectivity index (χ1v) is 7.49. The first kappa shape index (κ1) is 15.1. The zero-order valence-corrected chi connectivity index (χ0v) is 13.4. The molecule has 0 saturated heterocycles. The van der Waals surface area contributed by atoms with E-state index in [1.54, 1.807) is 6.07 Å². The molecule has 0 aliphatic rings. The lowest BCUT2D eigenvalue weighted by molar-refractivity contribution is 0.0940. The highest BCUT2D eigenvalue weighted by Crippen LogP contribution is 2.16. The number of hydrogen-bond donors (Lipinski definition) is 2. The summed E-state index contributed by atoms with van der Waals surface area (Å²) in [6.45, 7) is 0.441. The van der Waals surface area contributed by atoms with Gasteiger partial charge in [0, 0.05) is 29.1 Å². The quantitative estimate of drug-likeness (QED) is 0.779. The molecule has 1 unspecified atom stereocenters. The number of carbonyl (C=O) groups excluding carboxylic acids is 1. The molecular formula is C15H17IN2O2. The topological polar surface area (TPSA) is 54.3 Å². The standard InChI is InChI=1S/C15H17IN2O2/c1-18-10-4-7-13(18)14(19)8-9-17-15(20)11-5-2-3-6-12(11)16/h2-7,10,14,19H,8-9H2,1H3,(H,17,20). The number of aromatic nitrogens is 1. The molecule has 0 saturated carbocycles. The van der Waals surface area contributed by atoms with E-state index in [1.165, 1.54) is 0 Å². The monoisotopic (exact) mass is 384 g/mol.